The average molecular weight is 284 g/mol. The topological polar surface area (TPSA) is 94.8 Å². The molecule has 2 atom stereocenters. The Morgan fingerprint density at radius 3 is 2.00 bits per heavy atom. The fourth-order valence-electron chi connectivity index (χ4n) is 4.09. The zero-order chi connectivity index (χ0) is 14.8. The molecule has 114 valence electrons. The monoisotopic (exact) mass is 284 g/mol. The fourth-order valence-corrected chi connectivity index (χ4v) is 4.09. The molecule has 0 radical (unpaired) electrons. The van der Waals surface area contributed by atoms with Crippen molar-refractivity contribution < 1.29 is 24.9 Å². The maximum Gasteiger partial charge on any atom is 0.321 e. The summed E-state index contributed by atoms with van der Waals surface area (Å²) in [6.07, 6.45) is 6.23. The highest BCUT2D eigenvalue weighted by atomic mass is 16.4. The second kappa shape index (κ2) is 6.12. The van der Waals surface area contributed by atoms with Gasteiger partial charge in [0.05, 0.1) is 6.10 Å². The smallest absolute Gasteiger partial charge is 0.321 e. The van der Waals surface area contributed by atoms with Gasteiger partial charge in [-0.2, -0.15) is 0 Å². The molecule has 2 fully saturated rings. The van der Waals surface area contributed by atoms with E-state index in [9.17, 15) is 24.9 Å². The lowest BCUT2D eigenvalue weighted by Gasteiger charge is -2.43. The summed E-state index contributed by atoms with van der Waals surface area (Å²) in [5.41, 5.74) is -1.80. The molecule has 0 aliphatic heterocycles. The SMILES string of the molecule is O=C(O)C1(C(=O)O)CCCCC1C(O)C1CCCCC1. The first-order chi connectivity index (χ1) is 9.50. The summed E-state index contributed by atoms with van der Waals surface area (Å²) in [6.45, 7) is 0. The van der Waals surface area contributed by atoms with Crippen molar-refractivity contribution in [3.05, 3.63) is 0 Å². The Morgan fingerprint density at radius 2 is 1.45 bits per heavy atom. The number of aliphatic carboxylic acids is 2. The Labute approximate surface area is 119 Å². The van der Waals surface area contributed by atoms with Crippen molar-refractivity contribution in [1.29, 1.82) is 0 Å². The summed E-state index contributed by atoms with van der Waals surface area (Å²) >= 11 is 0. The summed E-state index contributed by atoms with van der Waals surface area (Å²) in [5, 5.41) is 29.6. The largest absolute Gasteiger partial charge is 0.480 e. The number of rotatable bonds is 4. The molecule has 2 aliphatic rings. The first kappa shape index (κ1) is 15.3. The highest BCUT2D eigenvalue weighted by Gasteiger charge is 2.57. The minimum absolute atomic E-state index is 0.0601. The summed E-state index contributed by atoms with van der Waals surface area (Å²) < 4.78 is 0. The Hall–Kier alpha value is -1.10. The van der Waals surface area contributed by atoms with Crippen molar-refractivity contribution >= 4 is 11.9 Å². The van der Waals surface area contributed by atoms with Crippen LogP contribution in [0.2, 0.25) is 0 Å². The number of carboxylic acid groups (broad SMARTS) is 2. The summed E-state index contributed by atoms with van der Waals surface area (Å²) in [5.74, 6) is -3.17. The average Bonchev–Trinajstić information content (AvgIpc) is 2.46. The van der Waals surface area contributed by atoms with Crippen molar-refractivity contribution in [1.82, 2.24) is 0 Å². The van der Waals surface area contributed by atoms with Gasteiger partial charge in [0.1, 0.15) is 0 Å². The standard InChI is InChI=1S/C15H24O5/c16-12(10-6-2-1-3-7-10)11-8-4-5-9-15(11,13(17)18)14(19)20/h10-12,16H,1-9H2,(H,17,18)(H,19,20). The zero-order valence-corrected chi connectivity index (χ0v) is 11.8. The number of carbonyl (C=O) groups is 2. The van der Waals surface area contributed by atoms with Gasteiger partial charge in [0.25, 0.3) is 0 Å². The van der Waals surface area contributed by atoms with Crippen LogP contribution in [0.4, 0.5) is 0 Å². The van der Waals surface area contributed by atoms with Crippen LogP contribution in [0, 0.1) is 17.3 Å². The molecule has 0 bridgehead atoms. The molecule has 0 heterocycles. The van der Waals surface area contributed by atoms with Crippen LogP contribution in [0.5, 0.6) is 0 Å². The van der Waals surface area contributed by atoms with E-state index in [1.54, 1.807) is 0 Å². The molecule has 0 amide bonds. The second-order valence-electron chi connectivity index (χ2n) is 6.32. The Morgan fingerprint density at radius 1 is 0.900 bits per heavy atom. The molecular formula is C15H24O5. The lowest BCUT2D eigenvalue weighted by Crippen LogP contribution is -2.53. The Balaban J connectivity index is 2.25. The fraction of sp³-hybridized carbons (Fsp3) is 0.867. The van der Waals surface area contributed by atoms with E-state index in [2.05, 4.69) is 0 Å². The van der Waals surface area contributed by atoms with Crippen LogP contribution in [0.25, 0.3) is 0 Å². The van der Waals surface area contributed by atoms with Gasteiger partial charge in [0.15, 0.2) is 5.41 Å². The third-order valence-corrected chi connectivity index (χ3v) is 5.28. The maximum atomic E-state index is 11.6. The van der Waals surface area contributed by atoms with Gasteiger partial charge in [-0.1, -0.05) is 32.1 Å². The van der Waals surface area contributed by atoms with Gasteiger partial charge < -0.3 is 15.3 Å². The van der Waals surface area contributed by atoms with E-state index >= 15 is 0 Å². The summed E-state index contributed by atoms with van der Waals surface area (Å²) in [7, 11) is 0. The number of aliphatic hydroxyl groups is 1. The van der Waals surface area contributed by atoms with Crippen molar-refractivity contribution in [2.45, 2.75) is 63.9 Å². The Bertz CT molecular complexity index is 358. The van der Waals surface area contributed by atoms with Gasteiger partial charge in [-0.3, -0.25) is 9.59 Å². The molecule has 2 aliphatic carbocycles. The molecule has 0 saturated heterocycles. The predicted molar refractivity (Wildman–Crippen MR) is 72.2 cm³/mol. The first-order valence-electron chi connectivity index (χ1n) is 7.65. The van der Waals surface area contributed by atoms with Crippen LogP contribution in [0.1, 0.15) is 57.8 Å². The zero-order valence-electron chi connectivity index (χ0n) is 11.8. The van der Waals surface area contributed by atoms with Crippen molar-refractivity contribution in [2.24, 2.45) is 17.3 Å². The molecule has 20 heavy (non-hydrogen) atoms. The molecule has 5 nitrogen and oxygen atoms in total. The third-order valence-electron chi connectivity index (χ3n) is 5.28. The van der Waals surface area contributed by atoms with E-state index in [0.29, 0.717) is 12.8 Å². The third kappa shape index (κ3) is 2.55. The molecule has 3 N–H and O–H groups in total. The van der Waals surface area contributed by atoms with Crippen molar-refractivity contribution in [3.8, 4) is 0 Å². The molecule has 2 unspecified atom stereocenters. The molecular weight excluding hydrogens is 260 g/mol. The lowest BCUT2D eigenvalue weighted by molar-refractivity contribution is -0.179. The summed E-state index contributed by atoms with van der Waals surface area (Å²) in [4.78, 5) is 23.2. The molecule has 0 aromatic rings. The van der Waals surface area contributed by atoms with Crippen molar-refractivity contribution in [3.63, 3.8) is 0 Å². The molecule has 0 spiro atoms. The minimum atomic E-state index is -1.80. The van der Waals surface area contributed by atoms with E-state index < -0.39 is 29.4 Å². The lowest BCUT2D eigenvalue weighted by atomic mass is 9.61. The number of hydrogen-bond donors (Lipinski definition) is 3. The Kier molecular flexibility index (Phi) is 4.68. The van der Waals surface area contributed by atoms with E-state index in [1.807, 2.05) is 0 Å². The van der Waals surface area contributed by atoms with Gasteiger partial charge in [-0.05, 0) is 31.6 Å². The van der Waals surface area contributed by atoms with Gasteiger partial charge in [-0.25, -0.2) is 0 Å². The maximum absolute atomic E-state index is 11.6. The van der Waals surface area contributed by atoms with E-state index in [1.165, 1.54) is 0 Å². The number of carboxylic acids is 2. The van der Waals surface area contributed by atoms with Gasteiger partial charge in [0.2, 0.25) is 0 Å². The van der Waals surface area contributed by atoms with Crippen LogP contribution >= 0.6 is 0 Å². The summed E-state index contributed by atoms with van der Waals surface area (Å²) in [6, 6.07) is 0. The molecule has 0 aromatic heterocycles. The first-order valence-corrected chi connectivity index (χ1v) is 7.65. The molecule has 5 heteroatoms. The molecule has 2 saturated carbocycles. The predicted octanol–water partition coefficient (Wildman–Crippen LogP) is 2.27. The highest BCUT2D eigenvalue weighted by Crippen LogP contribution is 2.46. The van der Waals surface area contributed by atoms with Gasteiger partial charge >= 0.3 is 11.9 Å². The minimum Gasteiger partial charge on any atom is -0.480 e. The molecule has 2 rings (SSSR count). The quantitative estimate of drug-likeness (QED) is 0.688. The van der Waals surface area contributed by atoms with Crippen LogP contribution in [-0.4, -0.2) is 33.4 Å². The van der Waals surface area contributed by atoms with Gasteiger partial charge in [-0.15, -0.1) is 0 Å². The van der Waals surface area contributed by atoms with Crippen LogP contribution < -0.4 is 0 Å². The van der Waals surface area contributed by atoms with E-state index in [4.69, 9.17) is 0 Å². The van der Waals surface area contributed by atoms with Crippen molar-refractivity contribution in [2.75, 3.05) is 0 Å². The van der Waals surface area contributed by atoms with Crippen LogP contribution in [0.3, 0.4) is 0 Å². The van der Waals surface area contributed by atoms with Crippen LogP contribution in [0.15, 0.2) is 0 Å². The second-order valence-corrected chi connectivity index (χ2v) is 6.32. The molecule has 0 aromatic carbocycles. The highest BCUT2D eigenvalue weighted by molar-refractivity contribution is 5.98. The van der Waals surface area contributed by atoms with E-state index in [0.717, 1.165) is 38.5 Å². The number of hydrogen-bond acceptors (Lipinski definition) is 3. The van der Waals surface area contributed by atoms with Gasteiger partial charge in [0, 0.05) is 5.92 Å². The normalized spacial score (nSPS) is 28.8. The van der Waals surface area contributed by atoms with Crippen LogP contribution in [-0.2, 0) is 9.59 Å². The number of aliphatic hydroxyl groups excluding tert-OH is 1. The van der Waals surface area contributed by atoms with E-state index in [-0.39, 0.29) is 12.3 Å².